The van der Waals surface area contributed by atoms with Crippen molar-refractivity contribution in [3.05, 3.63) is 35.4 Å². The van der Waals surface area contributed by atoms with Gasteiger partial charge in [0, 0.05) is 58.4 Å². The van der Waals surface area contributed by atoms with Crippen molar-refractivity contribution < 1.29 is 14.3 Å². The molecule has 0 unspecified atom stereocenters. The highest BCUT2D eigenvalue weighted by Crippen LogP contribution is 2.11. The summed E-state index contributed by atoms with van der Waals surface area (Å²) in [6.07, 6.45) is 0. The fourth-order valence-electron chi connectivity index (χ4n) is 3.37. The molecule has 2 fully saturated rings. The van der Waals surface area contributed by atoms with Crippen LogP contribution in [-0.2, 0) is 16.1 Å². The number of hydrogen-bond acceptors (Lipinski definition) is 5. The molecule has 0 atom stereocenters. The van der Waals surface area contributed by atoms with Crippen molar-refractivity contribution in [3.63, 3.8) is 0 Å². The van der Waals surface area contributed by atoms with E-state index in [9.17, 15) is 9.59 Å². The van der Waals surface area contributed by atoms with Crippen LogP contribution in [0.5, 0.6) is 0 Å². The lowest BCUT2D eigenvalue weighted by molar-refractivity contribution is -0.136. The molecule has 26 heavy (non-hydrogen) atoms. The molecule has 2 aliphatic rings. The molecule has 1 aromatic carbocycles. The SMILES string of the molecule is CNC(=O)c1ccc(CN2CCN(CC(=O)N3CCOCC3)CC2)cc1. The van der Waals surface area contributed by atoms with Gasteiger partial charge in [0.05, 0.1) is 19.8 Å². The van der Waals surface area contributed by atoms with Gasteiger partial charge in [-0.15, -0.1) is 0 Å². The second kappa shape index (κ2) is 9.12. The van der Waals surface area contributed by atoms with E-state index in [-0.39, 0.29) is 11.8 Å². The zero-order valence-corrected chi connectivity index (χ0v) is 15.4. The Morgan fingerprint density at radius 2 is 1.58 bits per heavy atom. The molecule has 0 spiro atoms. The Kier molecular flexibility index (Phi) is 6.60. The first-order chi connectivity index (χ1) is 12.7. The van der Waals surface area contributed by atoms with Gasteiger partial charge in [0.1, 0.15) is 0 Å². The van der Waals surface area contributed by atoms with E-state index in [1.165, 1.54) is 5.56 Å². The predicted molar refractivity (Wildman–Crippen MR) is 98.9 cm³/mol. The van der Waals surface area contributed by atoms with Crippen LogP contribution in [0, 0.1) is 0 Å². The first-order valence-corrected chi connectivity index (χ1v) is 9.27. The van der Waals surface area contributed by atoms with E-state index in [4.69, 9.17) is 4.74 Å². The average Bonchev–Trinajstić information content (AvgIpc) is 2.70. The molecule has 1 N–H and O–H groups in total. The van der Waals surface area contributed by atoms with Crippen LogP contribution in [0.15, 0.2) is 24.3 Å². The zero-order chi connectivity index (χ0) is 18.4. The monoisotopic (exact) mass is 360 g/mol. The lowest BCUT2D eigenvalue weighted by Crippen LogP contribution is -2.51. The number of amides is 2. The Morgan fingerprint density at radius 1 is 0.962 bits per heavy atom. The molecular formula is C19H28N4O3. The lowest BCUT2D eigenvalue weighted by atomic mass is 10.1. The van der Waals surface area contributed by atoms with E-state index >= 15 is 0 Å². The standard InChI is InChI=1S/C19H28N4O3/c1-20-19(25)17-4-2-16(3-5-17)14-21-6-8-22(9-7-21)15-18(24)23-10-12-26-13-11-23/h2-5H,6-15H2,1H3,(H,20,25). The van der Waals surface area contributed by atoms with Crippen molar-refractivity contribution in [2.24, 2.45) is 0 Å². The summed E-state index contributed by atoms with van der Waals surface area (Å²) in [6.45, 7) is 7.83. The number of carbonyl (C=O) groups is 2. The van der Waals surface area contributed by atoms with Crippen molar-refractivity contribution in [2.75, 3.05) is 66.1 Å². The molecule has 2 saturated heterocycles. The highest BCUT2D eigenvalue weighted by atomic mass is 16.5. The smallest absolute Gasteiger partial charge is 0.251 e. The minimum absolute atomic E-state index is 0.0601. The largest absolute Gasteiger partial charge is 0.378 e. The summed E-state index contributed by atoms with van der Waals surface area (Å²) in [6, 6.07) is 7.76. The van der Waals surface area contributed by atoms with E-state index in [0.29, 0.717) is 38.4 Å². The Labute approximate surface area is 154 Å². The number of nitrogens with one attached hydrogen (secondary N) is 1. The Bertz CT molecular complexity index is 606. The number of carbonyl (C=O) groups excluding carboxylic acids is 2. The molecule has 0 aromatic heterocycles. The lowest BCUT2D eigenvalue weighted by Gasteiger charge is -2.36. The molecule has 0 saturated carbocycles. The molecule has 0 radical (unpaired) electrons. The first-order valence-electron chi connectivity index (χ1n) is 9.27. The summed E-state index contributed by atoms with van der Waals surface area (Å²) in [5.41, 5.74) is 1.89. The van der Waals surface area contributed by atoms with Crippen molar-refractivity contribution in [1.29, 1.82) is 0 Å². The first kappa shape index (κ1) is 18.8. The fraction of sp³-hybridized carbons (Fsp3) is 0.579. The van der Waals surface area contributed by atoms with Gasteiger partial charge in [0.15, 0.2) is 0 Å². The van der Waals surface area contributed by atoms with Gasteiger partial charge in [-0.25, -0.2) is 0 Å². The number of piperazine rings is 1. The summed E-state index contributed by atoms with van der Waals surface area (Å²) in [5.74, 6) is 0.154. The van der Waals surface area contributed by atoms with Crippen molar-refractivity contribution in [2.45, 2.75) is 6.54 Å². The highest BCUT2D eigenvalue weighted by Gasteiger charge is 2.23. The molecule has 2 amide bonds. The van der Waals surface area contributed by atoms with Gasteiger partial charge in [0.25, 0.3) is 5.91 Å². The number of nitrogens with zero attached hydrogens (tertiary/aromatic N) is 3. The predicted octanol–water partition coefficient (Wildman–Crippen LogP) is 0.0226. The third kappa shape index (κ3) is 5.03. The van der Waals surface area contributed by atoms with Gasteiger partial charge in [-0.2, -0.15) is 0 Å². The quantitative estimate of drug-likeness (QED) is 0.802. The van der Waals surface area contributed by atoms with E-state index in [1.54, 1.807) is 7.05 Å². The van der Waals surface area contributed by atoms with Crippen LogP contribution in [-0.4, -0.2) is 92.6 Å². The second-order valence-corrected chi connectivity index (χ2v) is 6.82. The minimum Gasteiger partial charge on any atom is -0.378 e. The maximum Gasteiger partial charge on any atom is 0.251 e. The van der Waals surface area contributed by atoms with Gasteiger partial charge in [-0.3, -0.25) is 19.4 Å². The molecular weight excluding hydrogens is 332 g/mol. The minimum atomic E-state index is -0.0601. The number of morpholine rings is 1. The van der Waals surface area contributed by atoms with Crippen molar-refractivity contribution >= 4 is 11.8 Å². The van der Waals surface area contributed by atoms with Crippen LogP contribution in [0.25, 0.3) is 0 Å². The number of hydrogen-bond donors (Lipinski definition) is 1. The molecule has 142 valence electrons. The van der Waals surface area contributed by atoms with Crippen LogP contribution in [0.4, 0.5) is 0 Å². The van der Waals surface area contributed by atoms with Crippen LogP contribution >= 0.6 is 0 Å². The topological polar surface area (TPSA) is 65.1 Å². The van der Waals surface area contributed by atoms with Crippen LogP contribution in [0.1, 0.15) is 15.9 Å². The van der Waals surface area contributed by atoms with Gasteiger partial charge >= 0.3 is 0 Å². The van der Waals surface area contributed by atoms with Gasteiger partial charge in [0.2, 0.25) is 5.91 Å². The molecule has 1 aromatic rings. The molecule has 0 aliphatic carbocycles. The second-order valence-electron chi connectivity index (χ2n) is 6.82. The summed E-state index contributed by atoms with van der Waals surface area (Å²) < 4.78 is 5.30. The van der Waals surface area contributed by atoms with Gasteiger partial charge in [-0.05, 0) is 17.7 Å². The number of benzene rings is 1. The molecule has 7 nitrogen and oxygen atoms in total. The zero-order valence-electron chi connectivity index (χ0n) is 15.4. The number of ether oxygens (including phenoxy) is 1. The summed E-state index contributed by atoms with van der Waals surface area (Å²) in [7, 11) is 1.64. The molecule has 2 heterocycles. The normalized spacial score (nSPS) is 19.3. The van der Waals surface area contributed by atoms with E-state index in [0.717, 1.165) is 32.7 Å². The Morgan fingerprint density at radius 3 is 2.19 bits per heavy atom. The summed E-state index contributed by atoms with van der Waals surface area (Å²) >= 11 is 0. The van der Waals surface area contributed by atoms with Crippen LogP contribution in [0.2, 0.25) is 0 Å². The van der Waals surface area contributed by atoms with Crippen molar-refractivity contribution in [1.82, 2.24) is 20.0 Å². The maximum absolute atomic E-state index is 12.3. The van der Waals surface area contributed by atoms with Crippen molar-refractivity contribution in [3.8, 4) is 0 Å². The Balaban J connectivity index is 1.42. The van der Waals surface area contributed by atoms with Crippen LogP contribution in [0.3, 0.4) is 0 Å². The number of rotatable bonds is 5. The fourth-order valence-corrected chi connectivity index (χ4v) is 3.37. The summed E-state index contributed by atoms with van der Waals surface area (Å²) in [5, 5.41) is 2.63. The van der Waals surface area contributed by atoms with E-state index < -0.39 is 0 Å². The van der Waals surface area contributed by atoms with E-state index in [1.807, 2.05) is 29.2 Å². The molecule has 7 heteroatoms. The highest BCUT2D eigenvalue weighted by molar-refractivity contribution is 5.93. The molecule has 3 rings (SSSR count). The summed E-state index contributed by atoms with van der Waals surface area (Å²) in [4.78, 5) is 30.5. The van der Waals surface area contributed by atoms with Gasteiger partial charge in [-0.1, -0.05) is 12.1 Å². The third-order valence-corrected chi connectivity index (χ3v) is 5.04. The average molecular weight is 360 g/mol. The molecule has 2 aliphatic heterocycles. The van der Waals surface area contributed by atoms with E-state index in [2.05, 4.69) is 15.1 Å². The van der Waals surface area contributed by atoms with Crippen LogP contribution < -0.4 is 5.32 Å². The maximum atomic E-state index is 12.3. The third-order valence-electron chi connectivity index (χ3n) is 5.04. The van der Waals surface area contributed by atoms with Gasteiger partial charge < -0.3 is 15.0 Å². The Hall–Kier alpha value is -1.96. The molecule has 0 bridgehead atoms.